The second-order valence-corrected chi connectivity index (χ2v) is 4.60. The van der Waals surface area contributed by atoms with Crippen LogP contribution in [-0.4, -0.2) is 11.6 Å². The lowest BCUT2D eigenvalue weighted by molar-refractivity contribution is -0.119. The van der Waals surface area contributed by atoms with Gasteiger partial charge < -0.3 is 0 Å². The van der Waals surface area contributed by atoms with Crippen molar-refractivity contribution in [3.8, 4) is 0 Å². The Hall–Kier alpha value is -1.35. The van der Waals surface area contributed by atoms with Gasteiger partial charge in [0.1, 0.15) is 0 Å². The fraction of sp³-hybridized carbons (Fsp3) is 0.333. The lowest BCUT2D eigenvalue weighted by Gasteiger charge is -2.13. The van der Waals surface area contributed by atoms with Gasteiger partial charge in [-0.25, -0.2) is 5.01 Å². The Morgan fingerprint density at radius 1 is 1.44 bits per heavy atom. The average Bonchev–Trinajstić information content (AvgIpc) is 2.82. The Balaban J connectivity index is 1.97. The number of hydrogen-bond donors (Lipinski definition) is 0. The molecule has 1 saturated carbocycles. The third-order valence-corrected chi connectivity index (χ3v) is 3.35. The average molecular weight is 235 g/mol. The third kappa shape index (κ3) is 1.43. The summed E-state index contributed by atoms with van der Waals surface area (Å²) in [5.41, 5.74) is 1.80. The van der Waals surface area contributed by atoms with Crippen molar-refractivity contribution in [1.82, 2.24) is 0 Å². The van der Waals surface area contributed by atoms with Crippen molar-refractivity contribution in [2.24, 2.45) is 11.0 Å². The number of nitrogens with zero attached hydrogens (tertiary/aromatic N) is 2. The molecule has 4 heteroatoms. The second-order valence-electron chi connectivity index (χ2n) is 4.17. The van der Waals surface area contributed by atoms with Crippen molar-refractivity contribution < 1.29 is 4.79 Å². The highest BCUT2D eigenvalue weighted by Crippen LogP contribution is 2.33. The Bertz CT molecular complexity index is 484. The van der Waals surface area contributed by atoms with Crippen molar-refractivity contribution in [3.63, 3.8) is 0 Å². The maximum Gasteiger partial charge on any atom is 0.256 e. The monoisotopic (exact) mass is 234 g/mol. The molecule has 0 radical (unpaired) electrons. The lowest BCUT2D eigenvalue weighted by atomic mass is 10.1. The van der Waals surface area contributed by atoms with E-state index in [4.69, 9.17) is 11.6 Å². The molecule has 1 heterocycles. The summed E-state index contributed by atoms with van der Waals surface area (Å²) in [6.45, 7) is 0. The molecule has 1 aromatic rings. The predicted octanol–water partition coefficient (Wildman–Crippen LogP) is 2.84. The maximum absolute atomic E-state index is 12.1. The second kappa shape index (κ2) is 3.59. The topological polar surface area (TPSA) is 32.7 Å². The van der Waals surface area contributed by atoms with Crippen LogP contribution in [0.2, 0.25) is 5.02 Å². The Morgan fingerprint density at radius 2 is 2.31 bits per heavy atom. The zero-order chi connectivity index (χ0) is 11.1. The van der Waals surface area contributed by atoms with Gasteiger partial charge in [-0.15, -0.1) is 0 Å². The zero-order valence-electron chi connectivity index (χ0n) is 8.69. The predicted molar refractivity (Wildman–Crippen MR) is 63.7 cm³/mol. The third-order valence-electron chi connectivity index (χ3n) is 3.12. The molecule has 3 rings (SSSR count). The van der Waals surface area contributed by atoms with Crippen LogP contribution in [0, 0.1) is 5.92 Å². The number of halogens is 1. The molecular weight excluding hydrogens is 224 g/mol. The minimum absolute atomic E-state index is 0.0268. The molecule has 1 amide bonds. The maximum atomic E-state index is 12.1. The summed E-state index contributed by atoms with van der Waals surface area (Å²) in [4.78, 5) is 12.1. The van der Waals surface area contributed by atoms with Gasteiger partial charge in [0.05, 0.1) is 17.3 Å². The first-order valence-corrected chi connectivity index (χ1v) is 5.80. The first-order valence-electron chi connectivity index (χ1n) is 5.42. The molecule has 3 nitrogen and oxygen atoms in total. The van der Waals surface area contributed by atoms with Crippen LogP contribution in [0.5, 0.6) is 0 Å². The number of fused-ring (bicyclic) bond motifs is 1. The number of carbonyl (C=O) groups excluding carboxylic acids is 1. The summed E-state index contributed by atoms with van der Waals surface area (Å²) >= 11 is 5.91. The van der Waals surface area contributed by atoms with E-state index in [0.717, 1.165) is 30.7 Å². The normalized spacial score (nSPS) is 23.6. The zero-order valence-corrected chi connectivity index (χ0v) is 9.44. The first kappa shape index (κ1) is 9.85. The molecule has 0 bridgehead atoms. The van der Waals surface area contributed by atoms with Gasteiger partial charge in [0, 0.05) is 5.02 Å². The highest BCUT2D eigenvalue weighted by atomic mass is 35.5. The number of benzene rings is 1. The number of carbonyl (C=O) groups is 1. The molecule has 1 aliphatic heterocycles. The van der Waals surface area contributed by atoms with Gasteiger partial charge in [0.15, 0.2) is 0 Å². The molecule has 1 aromatic carbocycles. The summed E-state index contributed by atoms with van der Waals surface area (Å²) in [6.07, 6.45) is 2.97. The van der Waals surface area contributed by atoms with Gasteiger partial charge in [-0.2, -0.15) is 5.10 Å². The first-order chi connectivity index (χ1) is 7.75. The summed E-state index contributed by atoms with van der Waals surface area (Å²) in [5.74, 6) is 0.119. The quantitative estimate of drug-likeness (QED) is 0.736. The van der Waals surface area contributed by atoms with Crippen molar-refractivity contribution in [2.75, 3.05) is 5.01 Å². The minimum atomic E-state index is 0.0268. The number of rotatable bonds is 1. The smallest absolute Gasteiger partial charge is 0.256 e. The molecule has 16 heavy (non-hydrogen) atoms. The number of anilines is 1. The summed E-state index contributed by atoms with van der Waals surface area (Å²) < 4.78 is 0. The van der Waals surface area contributed by atoms with E-state index in [9.17, 15) is 4.79 Å². The Kier molecular flexibility index (Phi) is 2.21. The summed E-state index contributed by atoms with van der Waals surface area (Å²) in [5, 5.41) is 6.50. The van der Waals surface area contributed by atoms with E-state index in [2.05, 4.69) is 5.10 Å². The van der Waals surface area contributed by atoms with Gasteiger partial charge in [-0.05, 0) is 37.5 Å². The standard InChI is InChI=1S/C12H11ClN2O/c13-8-3-1-4-9(7-8)15-12(16)10-5-2-6-11(10)14-15/h1,3-4,7,10H,2,5-6H2. The Morgan fingerprint density at radius 3 is 3.06 bits per heavy atom. The van der Waals surface area contributed by atoms with E-state index in [1.807, 2.05) is 12.1 Å². The van der Waals surface area contributed by atoms with Gasteiger partial charge in [-0.3, -0.25) is 4.79 Å². The van der Waals surface area contributed by atoms with E-state index in [1.165, 1.54) is 5.01 Å². The van der Waals surface area contributed by atoms with Crippen LogP contribution in [0.25, 0.3) is 0 Å². The Labute approximate surface area is 98.7 Å². The molecule has 1 aliphatic carbocycles. The molecule has 1 fully saturated rings. The fourth-order valence-corrected chi connectivity index (χ4v) is 2.52. The number of amides is 1. The largest absolute Gasteiger partial charge is 0.272 e. The molecule has 2 aliphatic rings. The van der Waals surface area contributed by atoms with Gasteiger partial charge in [0.2, 0.25) is 0 Å². The minimum Gasteiger partial charge on any atom is -0.272 e. The molecule has 0 N–H and O–H groups in total. The lowest BCUT2D eigenvalue weighted by Crippen LogP contribution is -2.25. The van der Waals surface area contributed by atoms with Crippen LogP contribution in [-0.2, 0) is 4.79 Å². The SMILES string of the molecule is O=C1C2CCCC2=NN1c1cccc(Cl)c1. The molecular formula is C12H11ClN2O. The van der Waals surface area contributed by atoms with E-state index < -0.39 is 0 Å². The van der Waals surface area contributed by atoms with E-state index in [0.29, 0.717) is 5.02 Å². The van der Waals surface area contributed by atoms with Crippen LogP contribution in [0.15, 0.2) is 29.4 Å². The summed E-state index contributed by atoms with van der Waals surface area (Å²) in [6, 6.07) is 7.25. The van der Waals surface area contributed by atoms with Crippen LogP contribution in [0.1, 0.15) is 19.3 Å². The number of hydrogen-bond acceptors (Lipinski definition) is 2. The molecule has 1 unspecified atom stereocenters. The molecule has 1 atom stereocenters. The van der Waals surface area contributed by atoms with Gasteiger partial charge >= 0.3 is 0 Å². The molecule has 0 aromatic heterocycles. The highest BCUT2D eigenvalue weighted by Gasteiger charge is 2.39. The van der Waals surface area contributed by atoms with Crippen LogP contribution < -0.4 is 5.01 Å². The van der Waals surface area contributed by atoms with E-state index in [-0.39, 0.29) is 11.8 Å². The van der Waals surface area contributed by atoms with Crippen LogP contribution in [0.4, 0.5) is 5.69 Å². The van der Waals surface area contributed by atoms with Crippen molar-refractivity contribution in [1.29, 1.82) is 0 Å². The summed E-state index contributed by atoms with van der Waals surface area (Å²) in [7, 11) is 0. The fourth-order valence-electron chi connectivity index (χ4n) is 2.33. The molecule has 0 saturated heterocycles. The van der Waals surface area contributed by atoms with Crippen molar-refractivity contribution in [2.45, 2.75) is 19.3 Å². The number of hydrazone groups is 1. The van der Waals surface area contributed by atoms with E-state index >= 15 is 0 Å². The van der Waals surface area contributed by atoms with Crippen LogP contribution >= 0.6 is 11.6 Å². The molecule has 0 spiro atoms. The van der Waals surface area contributed by atoms with Crippen LogP contribution in [0.3, 0.4) is 0 Å². The molecule has 82 valence electrons. The van der Waals surface area contributed by atoms with Gasteiger partial charge in [-0.1, -0.05) is 17.7 Å². The van der Waals surface area contributed by atoms with Crippen molar-refractivity contribution >= 4 is 28.9 Å². The van der Waals surface area contributed by atoms with Gasteiger partial charge in [0.25, 0.3) is 5.91 Å². The van der Waals surface area contributed by atoms with E-state index in [1.54, 1.807) is 12.1 Å². The van der Waals surface area contributed by atoms with Crippen molar-refractivity contribution in [3.05, 3.63) is 29.3 Å². The highest BCUT2D eigenvalue weighted by molar-refractivity contribution is 6.31.